The molecule has 0 aliphatic heterocycles. The van der Waals surface area contributed by atoms with Crippen molar-refractivity contribution in [3.63, 3.8) is 0 Å². The van der Waals surface area contributed by atoms with Crippen molar-refractivity contribution in [1.29, 1.82) is 0 Å². The van der Waals surface area contributed by atoms with Gasteiger partial charge in [-0.05, 0) is 43.5 Å². The van der Waals surface area contributed by atoms with Gasteiger partial charge in [0.2, 0.25) is 0 Å². The third kappa shape index (κ3) is 2.99. The number of nitrogen functional groups attached to an aromatic ring is 1. The van der Waals surface area contributed by atoms with Gasteiger partial charge in [-0.3, -0.25) is 0 Å². The molecule has 4 aromatic rings. The Hall–Kier alpha value is -3.36. The van der Waals surface area contributed by atoms with Crippen LogP contribution in [0.1, 0.15) is 17.8 Å². The first-order valence-electron chi connectivity index (χ1n) is 8.05. The van der Waals surface area contributed by atoms with Crippen molar-refractivity contribution < 1.29 is 8.78 Å². The van der Waals surface area contributed by atoms with E-state index < -0.39 is 11.6 Å². The molecular weight excluding hydrogens is 340 g/mol. The van der Waals surface area contributed by atoms with E-state index in [4.69, 9.17) is 5.73 Å². The first kappa shape index (κ1) is 16.1. The van der Waals surface area contributed by atoms with E-state index in [1.807, 2.05) is 12.1 Å². The summed E-state index contributed by atoms with van der Waals surface area (Å²) in [5.41, 5.74) is 8.51. The number of benzene rings is 1. The molecule has 0 radical (unpaired) electrons. The molecule has 7 nitrogen and oxygen atoms in total. The molecular formula is C17H15F2N7. The molecule has 0 spiro atoms. The molecule has 0 atom stereocenters. The fourth-order valence-corrected chi connectivity index (χ4v) is 2.84. The lowest BCUT2D eigenvalue weighted by Crippen LogP contribution is -2.02. The van der Waals surface area contributed by atoms with Gasteiger partial charge >= 0.3 is 0 Å². The van der Waals surface area contributed by atoms with Gasteiger partial charge < -0.3 is 5.73 Å². The highest BCUT2D eigenvalue weighted by Crippen LogP contribution is 2.16. The number of nitrogens with zero attached hydrogens (tertiary/aromatic N) is 6. The highest BCUT2D eigenvalue weighted by Gasteiger charge is 2.10. The van der Waals surface area contributed by atoms with Crippen LogP contribution in [-0.4, -0.2) is 29.6 Å². The second kappa shape index (κ2) is 6.51. The normalized spacial score (nSPS) is 11.3. The van der Waals surface area contributed by atoms with Crippen LogP contribution in [0.25, 0.3) is 11.2 Å². The molecule has 26 heavy (non-hydrogen) atoms. The fourth-order valence-electron chi connectivity index (χ4n) is 2.84. The third-order valence-electron chi connectivity index (χ3n) is 4.12. The monoisotopic (exact) mass is 355 g/mol. The maximum absolute atomic E-state index is 13.8. The number of fused-ring (bicyclic) bond motifs is 1. The summed E-state index contributed by atoms with van der Waals surface area (Å²) in [6.45, 7) is 0. The zero-order chi connectivity index (χ0) is 18.1. The van der Waals surface area contributed by atoms with Gasteiger partial charge in [0.05, 0.1) is 11.9 Å². The number of aromatic nitrogens is 6. The molecule has 3 heterocycles. The Bertz CT molecular complexity index is 1070. The van der Waals surface area contributed by atoms with Gasteiger partial charge in [-0.15, -0.1) is 5.10 Å². The van der Waals surface area contributed by atoms with E-state index in [1.54, 1.807) is 10.7 Å². The van der Waals surface area contributed by atoms with E-state index in [1.165, 1.54) is 23.1 Å². The van der Waals surface area contributed by atoms with Gasteiger partial charge in [0.1, 0.15) is 23.3 Å². The smallest absolute Gasteiger partial charge is 0.151 e. The van der Waals surface area contributed by atoms with Crippen LogP contribution in [0.4, 0.5) is 14.6 Å². The average Bonchev–Trinajstić information content (AvgIpc) is 3.23. The summed E-state index contributed by atoms with van der Waals surface area (Å²) >= 11 is 0. The van der Waals surface area contributed by atoms with Crippen molar-refractivity contribution in [2.24, 2.45) is 0 Å². The van der Waals surface area contributed by atoms with E-state index >= 15 is 0 Å². The molecule has 0 unspecified atom stereocenters. The van der Waals surface area contributed by atoms with E-state index in [2.05, 4.69) is 20.4 Å². The van der Waals surface area contributed by atoms with Crippen LogP contribution >= 0.6 is 0 Å². The van der Waals surface area contributed by atoms with Crippen LogP contribution in [0.3, 0.4) is 0 Å². The molecule has 1 aromatic carbocycles. The SMILES string of the molecule is Nc1ncnn2c(CCCc3cn(-c4ccc(F)cc4F)nn3)ccc12. The largest absolute Gasteiger partial charge is 0.382 e. The summed E-state index contributed by atoms with van der Waals surface area (Å²) in [5, 5.41) is 12.2. The van der Waals surface area contributed by atoms with Crippen molar-refractivity contribution in [2.45, 2.75) is 19.3 Å². The Morgan fingerprint density at radius 1 is 1.08 bits per heavy atom. The summed E-state index contributed by atoms with van der Waals surface area (Å²) in [6, 6.07) is 7.19. The first-order valence-corrected chi connectivity index (χ1v) is 8.05. The minimum atomic E-state index is -0.682. The first-order chi connectivity index (χ1) is 12.6. The third-order valence-corrected chi connectivity index (χ3v) is 4.12. The van der Waals surface area contributed by atoms with Gasteiger partial charge in [-0.2, -0.15) is 5.10 Å². The Labute approximate surface area is 147 Å². The molecule has 0 amide bonds. The van der Waals surface area contributed by atoms with E-state index in [0.29, 0.717) is 12.2 Å². The minimum absolute atomic E-state index is 0.162. The molecule has 0 fully saturated rings. The zero-order valence-electron chi connectivity index (χ0n) is 13.7. The van der Waals surface area contributed by atoms with Crippen molar-refractivity contribution in [1.82, 2.24) is 29.6 Å². The van der Waals surface area contributed by atoms with E-state index in [-0.39, 0.29) is 5.69 Å². The van der Waals surface area contributed by atoms with Gasteiger partial charge in [0.15, 0.2) is 11.6 Å². The number of aryl methyl sites for hydroxylation is 2. The lowest BCUT2D eigenvalue weighted by Gasteiger charge is -2.02. The summed E-state index contributed by atoms with van der Waals surface area (Å²) in [5.74, 6) is -0.871. The lowest BCUT2D eigenvalue weighted by atomic mass is 10.1. The molecule has 9 heteroatoms. The predicted octanol–water partition coefficient (Wildman–Crippen LogP) is 2.35. The Kier molecular flexibility index (Phi) is 4.04. The minimum Gasteiger partial charge on any atom is -0.382 e. The van der Waals surface area contributed by atoms with Gasteiger partial charge in [0.25, 0.3) is 0 Å². The highest BCUT2D eigenvalue weighted by atomic mass is 19.1. The van der Waals surface area contributed by atoms with Crippen LogP contribution in [0.15, 0.2) is 42.9 Å². The summed E-state index contributed by atoms with van der Waals surface area (Å²) in [4.78, 5) is 3.96. The fraction of sp³-hybridized carbons (Fsp3) is 0.176. The second-order valence-electron chi connectivity index (χ2n) is 5.87. The topological polar surface area (TPSA) is 86.9 Å². The summed E-state index contributed by atoms with van der Waals surface area (Å²) in [6.07, 6.45) is 5.31. The number of anilines is 1. The molecule has 0 aliphatic carbocycles. The van der Waals surface area contributed by atoms with E-state index in [0.717, 1.165) is 35.8 Å². The van der Waals surface area contributed by atoms with Crippen molar-refractivity contribution in [3.8, 4) is 5.69 Å². The van der Waals surface area contributed by atoms with Crippen LogP contribution in [0, 0.1) is 11.6 Å². The molecule has 132 valence electrons. The summed E-state index contributed by atoms with van der Waals surface area (Å²) < 4.78 is 29.9. The molecule has 2 N–H and O–H groups in total. The number of rotatable bonds is 5. The average molecular weight is 355 g/mol. The number of nitrogens with two attached hydrogens (primary N) is 1. The molecule has 0 saturated carbocycles. The van der Waals surface area contributed by atoms with E-state index in [9.17, 15) is 8.78 Å². The van der Waals surface area contributed by atoms with Crippen LogP contribution in [0.2, 0.25) is 0 Å². The quantitative estimate of drug-likeness (QED) is 0.594. The molecule has 0 saturated heterocycles. The van der Waals surface area contributed by atoms with Crippen LogP contribution in [0.5, 0.6) is 0 Å². The zero-order valence-corrected chi connectivity index (χ0v) is 13.7. The number of hydrogen-bond acceptors (Lipinski definition) is 5. The predicted molar refractivity (Wildman–Crippen MR) is 90.7 cm³/mol. The Morgan fingerprint density at radius 3 is 2.81 bits per heavy atom. The van der Waals surface area contributed by atoms with Crippen molar-refractivity contribution in [3.05, 3.63) is 65.9 Å². The standard InChI is InChI=1S/C17H15F2N7/c18-11-4-6-15(14(19)8-11)25-9-12(23-24-25)2-1-3-13-5-7-16-17(20)21-10-22-26(13)16/h4-10H,1-3H2,(H2,20,21,22). The van der Waals surface area contributed by atoms with Gasteiger partial charge in [-0.1, -0.05) is 5.21 Å². The van der Waals surface area contributed by atoms with Crippen molar-refractivity contribution >= 4 is 11.3 Å². The molecule has 3 aromatic heterocycles. The lowest BCUT2D eigenvalue weighted by molar-refractivity contribution is 0.572. The maximum Gasteiger partial charge on any atom is 0.151 e. The molecule has 4 rings (SSSR count). The summed E-state index contributed by atoms with van der Waals surface area (Å²) in [7, 11) is 0. The Morgan fingerprint density at radius 2 is 1.96 bits per heavy atom. The second-order valence-corrected chi connectivity index (χ2v) is 5.87. The number of hydrogen-bond donors (Lipinski definition) is 1. The van der Waals surface area contributed by atoms with Gasteiger partial charge in [-0.25, -0.2) is 23.0 Å². The number of halogens is 2. The molecule has 0 bridgehead atoms. The van der Waals surface area contributed by atoms with Gasteiger partial charge in [0, 0.05) is 11.8 Å². The molecule has 0 aliphatic rings. The maximum atomic E-state index is 13.8. The van der Waals surface area contributed by atoms with Crippen LogP contribution < -0.4 is 5.73 Å². The highest BCUT2D eigenvalue weighted by molar-refractivity contribution is 5.65. The Balaban J connectivity index is 1.44. The van der Waals surface area contributed by atoms with Crippen LogP contribution in [-0.2, 0) is 12.8 Å². The van der Waals surface area contributed by atoms with Crippen molar-refractivity contribution in [2.75, 3.05) is 5.73 Å².